The van der Waals surface area contributed by atoms with Gasteiger partial charge in [-0.05, 0) is 31.2 Å². The maximum absolute atomic E-state index is 11.8. The molecule has 1 rings (SSSR count). The number of hydrogen-bond donors (Lipinski definition) is 2. The van der Waals surface area contributed by atoms with Gasteiger partial charge in [-0.25, -0.2) is 0 Å². The molecule has 0 aromatic rings. The second-order valence-electron chi connectivity index (χ2n) is 6.58. The Labute approximate surface area is 123 Å². The van der Waals surface area contributed by atoms with Crippen molar-refractivity contribution in [1.29, 1.82) is 0 Å². The highest BCUT2D eigenvalue weighted by molar-refractivity contribution is 5.85. The van der Waals surface area contributed by atoms with Crippen molar-refractivity contribution in [1.82, 2.24) is 10.6 Å². The molecule has 4 nitrogen and oxygen atoms in total. The zero-order chi connectivity index (χ0) is 13.6. The molecule has 19 heavy (non-hydrogen) atoms. The maximum Gasteiger partial charge on any atom is 0.220 e. The van der Waals surface area contributed by atoms with E-state index in [0.29, 0.717) is 19.6 Å². The minimum Gasteiger partial charge on any atom is -0.383 e. The van der Waals surface area contributed by atoms with Crippen LogP contribution in [0.5, 0.6) is 0 Å². The first-order valence-corrected chi connectivity index (χ1v) is 6.88. The molecule has 1 amide bonds. The van der Waals surface area contributed by atoms with E-state index in [-0.39, 0.29) is 29.3 Å². The summed E-state index contributed by atoms with van der Waals surface area (Å²) in [7, 11) is 1.71. The van der Waals surface area contributed by atoms with Gasteiger partial charge in [0.05, 0.1) is 12.1 Å². The van der Waals surface area contributed by atoms with Crippen LogP contribution in [-0.4, -0.2) is 38.3 Å². The van der Waals surface area contributed by atoms with Crippen LogP contribution >= 0.6 is 12.4 Å². The van der Waals surface area contributed by atoms with Gasteiger partial charge >= 0.3 is 0 Å². The molecular formula is C14H29ClN2O2. The number of rotatable bonds is 6. The van der Waals surface area contributed by atoms with Crippen molar-refractivity contribution in [2.45, 2.75) is 52.0 Å². The summed E-state index contributed by atoms with van der Waals surface area (Å²) in [5, 5.41) is 6.50. The van der Waals surface area contributed by atoms with Crippen LogP contribution in [0.4, 0.5) is 0 Å². The van der Waals surface area contributed by atoms with E-state index in [1.165, 1.54) is 0 Å². The summed E-state index contributed by atoms with van der Waals surface area (Å²) < 4.78 is 5.26. The van der Waals surface area contributed by atoms with Crippen LogP contribution in [0.3, 0.4) is 0 Å². The summed E-state index contributed by atoms with van der Waals surface area (Å²) in [5.74, 6) is 0.147. The number of amides is 1. The van der Waals surface area contributed by atoms with Crippen molar-refractivity contribution in [2.24, 2.45) is 5.41 Å². The molecule has 0 bridgehead atoms. The van der Waals surface area contributed by atoms with Gasteiger partial charge in [0.25, 0.3) is 0 Å². The first-order chi connectivity index (χ1) is 8.37. The molecule has 5 heteroatoms. The van der Waals surface area contributed by atoms with E-state index in [2.05, 4.69) is 31.4 Å². The molecule has 2 N–H and O–H groups in total. The number of carbonyl (C=O) groups is 1. The van der Waals surface area contributed by atoms with E-state index in [9.17, 15) is 4.79 Å². The molecule has 0 aromatic carbocycles. The Hall–Kier alpha value is -0.320. The fourth-order valence-corrected chi connectivity index (χ4v) is 2.31. The monoisotopic (exact) mass is 292 g/mol. The number of hydrogen-bond acceptors (Lipinski definition) is 3. The Morgan fingerprint density at radius 2 is 2.11 bits per heavy atom. The molecule has 0 saturated carbocycles. The summed E-state index contributed by atoms with van der Waals surface area (Å²) >= 11 is 0. The van der Waals surface area contributed by atoms with Gasteiger partial charge < -0.3 is 15.4 Å². The number of halogens is 1. The van der Waals surface area contributed by atoms with E-state index in [4.69, 9.17) is 4.74 Å². The number of methoxy groups -OCH3 is 1. The fraction of sp³-hybridized carbons (Fsp3) is 0.929. The second-order valence-corrected chi connectivity index (χ2v) is 6.58. The smallest absolute Gasteiger partial charge is 0.220 e. The van der Waals surface area contributed by atoms with Crippen molar-refractivity contribution >= 4 is 18.3 Å². The standard InChI is InChI=1S/C14H28N2O2.ClH/c1-13(2,3)8-6-12(17)15-10-14(11-18-4)7-5-9-16-14;/h16H,5-11H2,1-4H3,(H,15,17);1H. The van der Waals surface area contributed by atoms with E-state index >= 15 is 0 Å². The lowest BCUT2D eigenvalue weighted by molar-refractivity contribution is -0.122. The van der Waals surface area contributed by atoms with Crippen molar-refractivity contribution in [3.05, 3.63) is 0 Å². The number of nitrogens with one attached hydrogen (secondary N) is 2. The van der Waals surface area contributed by atoms with Crippen molar-refractivity contribution in [2.75, 3.05) is 26.8 Å². The molecular weight excluding hydrogens is 264 g/mol. The highest BCUT2D eigenvalue weighted by atomic mass is 35.5. The molecule has 1 heterocycles. The third-order valence-electron chi connectivity index (χ3n) is 3.48. The zero-order valence-corrected chi connectivity index (χ0v) is 13.5. The Kier molecular flexibility index (Phi) is 7.94. The van der Waals surface area contributed by atoms with Gasteiger partial charge in [-0.15, -0.1) is 12.4 Å². The third kappa shape index (κ3) is 7.14. The minimum absolute atomic E-state index is 0. The summed E-state index contributed by atoms with van der Waals surface area (Å²) in [6, 6.07) is 0. The predicted octanol–water partition coefficient (Wildman–Crippen LogP) is 2.12. The van der Waals surface area contributed by atoms with Crippen LogP contribution in [0.2, 0.25) is 0 Å². The fourth-order valence-electron chi connectivity index (χ4n) is 2.31. The van der Waals surface area contributed by atoms with Crippen molar-refractivity contribution < 1.29 is 9.53 Å². The zero-order valence-electron chi connectivity index (χ0n) is 12.7. The lowest BCUT2D eigenvalue weighted by atomic mass is 9.90. The minimum atomic E-state index is -0.0495. The molecule has 0 aliphatic carbocycles. The maximum atomic E-state index is 11.8. The normalized spacial score (nSPS) is 22.9. The average molecular weight is 293 g/mol. The van der Waals surface area contributed by atoms with E-state index < -0.39 is 0 Å². The SMILES string of the molecule is COCC1(CNC(=O)CCC(C)(C)C)CCCN1.Cl. The molecule has 1 saturated heterocycles. The predicted molar refractivity (Wildman–Crippen MR) is 80.8 cm³/mol. The van der Waals surface area contributed by atoms with Crippen LogP contribution in [0.1, 0.15) is 46.5 Å². The largest absolute Gasteiger partial charge is 0.383 e. The van der Waals surface area contributed by atoms with Crippen LogP contribution in [-0.2, 0) is 9.53 Å². The Morgan fingerprint density at radius 3 is 2.58 bits per heavy atom. The third-order valence-corrected chi connectivity index (χ3v) is 3.48. The molecule has 1 atom stereocenters. The topological polar surface area (TPSA) is 50.4 Å². The highest BCUT2D eigenvalue weighted by Crippen LogP contribution is 2.21. The van der Waals surface area contributed by atoms with E-state index in [1.807, 2.05) is 0 Å². The van der Waals surface area contributed by atoms with Gasteiger partial charge in [0.1, 0.15) is 0 Å². The van der Waals surface area contributed by atoms with Crippen LogP contribution in [0.25, 0.3) is 0 Å². The summed E-state index contributed by atoms with van der Waals surface area (Å²) in [5.41, 5.74) is 0.166. The van der Waals surface area contributed by atoms with Crippen molar-refractivity contribution in [3.8, 4) is 0 Å². The van der Waals surface area contributed by atoms with E-state index in [0.717, 1.165) is 25.8 Å². The molecule has 0 radical (unpaired) electrons. The lowest BCUT2D eigenvalue weighted by Crippen LogP contribution is -2.53. The molecule has 1 aliphatic heterocycles. The van der Waals surface area contributed by atoms with Gasteiger partial charge in [0.2, 0.25) is 5.91 Å². The van der Waals surface area contributed by atoms with Gasteiger partial charge in [-0.1, -0.05) is 20.8 Å². The van der Waals surface area contributed by atoms with Gasteiger partial charge in [0.15, 0.2) is 0 Å². The molecule has 0 aromatic heterocycles. The molecule has 114 valence electrons. The quantitative estimate of drug-likeness (QED) is 0.788. The van der Waals surface area contributed by atoms with Crippen LogP contribution < -0.4 is 10.6 Å². The molecule has 1 unspecified atom stereocenters. The second kappa shape index (κ2) is 8.08. The van der Waals surface area contributed by atoms with Gasteiger partial charge in [-0.2, -0.15) is 0 Å². The lowest BCUT2D eigenvalue weighted by Gasteiger charge is -2.29. The molecule has 1 fully saturated rings. The van der Waals surface area contributed by atoms with Crippen LogP contribution in [0, 0.1) is 5.41 Å². The van der Waals surface area contributed by atoms with Crippen molar-refractivity contribution in [3.63, 3.8) is 0 Å². The van der Waals surface area contributed by atoms with Crippen LogP contribution in [0.15, 0.2) is 0 Å². The Bertz CT molecular complexity index is 271. The summed E-state index contributed by atoms with van der Waals surface area (Å²) in [6.07, 6.45) is 3.75. The van der Waals surface area contributed by atoms with Gasteiger partial charge in [-0.3, -0.25) is 4.79 Å². The number of ether oxygens (including phenoxy) is 1. The van der Waals surface area contributed by atoms with Gasteiger partial charge in [0, 0.05) is 20.1 Å². The molecule has 1 aliphatic rings. The highest BCUT2D eigenvalue weighted by Gasteiger charge is 2.33. The number of carbonyl (C=O) groups excluding carboxylic acids is 1. The Morgan fingerprint density at radius 1 is 1.42 bits per heavy atom. The summed E-state index contributed by atoms with van der Waals surface area (Å²) in [6.45, 7) is 8.82. The first kappa shape index (κ1) is 18.7. The summed E-state index contributed by atoms with van der Waals surface area (Å²) in [4.78, 5) is 11.8. The molecule has 0 spiro atoms. The Balaban J connectivity index is 0.00000324. The average Bonchev–Trinajstić information content (AvgIpc) is 2.72. The first-order valence-electron chi connectivity index (χ1n) is 6.88. The van der Waals surface area contributed by atoms with E-state index in [1.54, 1.807) is 7.11 Å².